The molecule has 26 heavy (non-hydrogen) atoms. The number of nitrogens with one attached hydrogen (secondary N) is 2. The van der Waals surface area contributed by atoms with E-state index in [0.717, 1.165) is 5.69 Å². The Hall–Kier alpha value is -3.23. The molecule has 0 aliphatic rings. The molecule has 0 bridgehead atoms. The number of hydrogen-bond acceptors (Lipinski definition) is 5. The topological polar surface area (TPSA) is 114 Å². The molecular formula is C18H16N4O3S. The molecule has 8 heteroatoms. The molecule has 0 spiro atoms. The average molecular weight is 368 g/mol. The zero-order valence-corrected chi connectivity index (χ0v) is 14.4. The number of anilines is 3. The Labute approximate surface area is 150 Å². The van der Waals surface area contributed by atoms with Gasteiger partial charge in [0.05, 0.1) is 10.6 Å². The van der Waals surface area contributed by atoms with Crippen LogP contribution in [0.1, 0.15) is 10.4 Å². The first-order chi connectivity index (χ1) is 12.4. The van der Waals surface area contributed by atoms with Crippen molar-refractivity contribution in [3.05, 3.63) is 78.5 Å². The SMILES string of the molecule is NS(=O)(=O)c1ccc(C(=O)Nc2ncccc2Nc2ccccc2)cc1. The molecule has 1 aromatic heterocycles. The number of para-hydroxylation sites is 1. The fourth-order valence-electron chi connectivity index (χ4n) is 2.26. The van der Waals surface area contributed by atoms with Gasteiger partial charge < -0.3 is 10.6 Å². The Kier molecular flexibility index (Phi) is 4.97. The second-order valence-electron chi connectivity index (χ2n) is 5.41. The molecule has 7 nitrogen and oxygen atoms in total. The molecule has 0 atom stereocenters. The van der Waals surface area contributed by atoms with E-state index in [0.29, 0.717) is 11.5 Å². The molecule has 0 aliphatic carbocycles. The van der Waals surface area contributed by atoms with Gasteiger partial charge in [0.25, 0.3) is 5.91 Å². The summed E-state index contributed by atoms with van der Waals surface area (Å²) in [5.74, 6) is -0.0577. The van der Waals surface area contributed by atoms with Gasteiger partial charge in [-0.25, -0.2) is 18.5 Å². The van der Waals surface area contributed by atoms with Gasteiger partial charge in [-0.3, -0.25) is 4.79 Å². The van der Waals surface area contributed by atoms with Crippen LogP contribution in [0, 0.1) is 0 Å². The quantitative estimate of drug-likeness (QED) is 0.641. The maximum atomic E-state index is 12.4. The lowest BCUT2D eigenvalue weighted by Crippen LogP contribution is -2.15. The molecule has 0 saturated carbocycles. The normalized spacial score (nSPS) is 11.0. The van der Waals surface area contributed by atoms with E-state index in [1.165, 1.54) is 24.3 Å². The number of nitrogens with zero attached hydrogens (tertiary/aromatic N) is 1. The molecule has 0 radical (unpaired) electrons. The van der Waals surface area contributed by atoms with Crippen molar-refractivity contribution in [1.29, 1.82) is 0 Å². The van der Waals surface area contributed by atoms with Crippen LogP contribution in [0.25, 0.3) is 0 Å². The zero-order valence-electron chi connectivity index (χ0n) is 13.6. The lowest BCUT2D eigenvalue weighted by Gasteiger charge is -2.12. The van der Waals surface area contributed by atoms with Crippen molar-refractivity contribution in [2.24, 2.45) is 5.14 Å². The summed E-state index contributed by atoms with van der Waals surface area (Å²) in [6, 6.07) is 18.4. The molecule has 0 fully saturated rings. The number of nitrogens with two attached hydrogens (primary N) is 1. The van der Waals surface area contributed by atoms with Gasteiger partial charge in [0, 0.05) is 17.4 Å². The number of amides is 1. The largest absolute Gasteiger partial charge is 0.353 e. The Balaban J connectivity index is 1.79. The first-order valence-corrected chi connectivity index (χ1v) is 9.19. The number of sulfonamides is 1. The van der Waals surface area contributed by atoms with Crippen LogP contribution in [0.4, 0.5) is 17.2 Å². The third kappa shape index (κ3) is 4.24. The highest BCUT2D eigenvalue weighted by Crippen LogP contribution is 2.23. The van der Waals surface area contributed by atoms with Gasteiger partial charge in [0.2, 0.25) is 10.0 Å². The monoisotopic (exact) mass is 368 g/mol. The highest BCUT2D eigenvalue weighted by molar-refractivity contribution is 7.89. The highest BCUT2D eigenvalue weighted by atomic mass is 32.2. The smallest absolute Gasteiger partial charge is 0.256 e. The summed E-state index contributed by atoms with van der Waals surface area (Å²) in [6.45, 7) is 0. The van der Waals surface area contributed by atoms with E-state index in [1.54, 1.807) is 18.3 Å². The van der Waals surface area contributed by atoms with Gasteiger partial charge in [-0.05, 0) is 48.5 Å². The number of hydrogen-bond donors (Lipinski definition) is 3. The predicted molar refractivity (Wildman–Crippen MR) is 99.7 cm³/mol. The van der Waals surface area contributed by atoms with E-state index in [9.17, 15) is 13.2 Å². The summed E-state index contributed by atoms with van der Waals surface area (Å²) < 4.78 is 22.6. The average Bonchev–Trinajstić information content (AvgIpc) is 2.63. The number of primary sulfonamides is 1. The van der Waals surface area contributed by atoms with Gasteiger partial charge >= 0.3 is 0 Å². The fraction of sp³-hybridized carbons (Fsp3) is 0. The summed E-state index contributed by atoms with van der Waals surface area (Å²) in [5.41, 5.74) is 1.77. The Morgan fingerprint density at radius 1 is 0.923 bits per heavy atom. The summed E-state index contributed by atoms with van der Waals surface area (Å²) in [6.07, 6.45) is 1.57. The number of carbonyl (C=O) groups excluding carboxylic acids is 1. The minimum absolute atomic E-state index is 0.0571. The molecule has 1 heterocycles. The third-order valence-electron chi connectivity index (χ3n) is 3.54. The molecule has 0 aliphatic heterocycles. The second-order valence-corrected chi connectivity index (χ2v) is 6.98. The molecule has 2 aromatic carbocycles. The van der Waals surface area contributed by atoms with E-state index in [-0.39, 0.29) is 10.5 Å². The number of rotatable bonds is 5. The summed E-state index contributed by atoms with van der Waals surface area (Å²) in [5, 5.41) is 11.0. The van der Waals surface area contributed by atoms with Crippen molar-refractivity contribution in [3.8, 4) is 0 Å². The zero-order chi connectivity index (χ0) is 18.6. The standard InChI is InChI=1S/C18H16N4O3S/c19-26(24,25)15-10-8-13(9-11-15)18(23)22-17-16(7-4-12-20-17)21-14-5-2-1-3-6-14/h1-12,21H,(H2,19,24,25)(H,20,22,23). The van der Waals surface area contributed by atoms with Crippen molar-refractivity contribution in [3.63, 3.8) is 0 Å². The number of pyridine rings is 1. The van der Waals surface area contributed by atoms with Crippen molar-refractivity contribution in [2.75, 3.05) is 10.6 Å². The Morgan fingerprint density at radius 2 is 1.62 bits per heavy atom. The van der Waals surface area contributed by atoms with Crippen LogP contribution in [0.2, 0.25) is 0 Å². The molecule has 3 rings (SSSR count). The summed E-state index contributed by atoms with van der Waals surface area (Å²) in [7, 11) is -3.80. The first kappa shape index (κ1) is 17.6. The van der Waals surface area contributed by atoms with Crippen LogP contribution < -0.4 is 15.8 Å². The second kappa shape index (κ2) is 7.34. The van der Waals surface area contributed by atoms with E-state index < -0.39 is 15.9 Å². The van der Waals surface area contributed by atoms with Gasteiger partial charge in [0.15, 0.2) is 5.82 Å². The van der Waals surface area contributed by atoms with E-state index in [1.807, 2.05) is 30.3 Å². The van der Waals surface area contributed by atoms with Gasteiger partial charge in [-0.15, -0.1) is 0 Å². The van der Waals surface area contributed by atoms with Crippen LogP contribution >= 0.6 is 0 Å². The van der Waals surface area contributed by atoms with Gasteiger partial charge in [0.1, 0.15) is 0 Å². The van der Waals surface area contributed by atoms with Crippen molar-refractivity contribution in [2.45, 2.75) is 4.90 Å². The molecule has 132 valence electrons. The molecular weight excluding hydrogens is 352 g/mol. The van der Waals surface area contributed by atoms with Crippen LogP contribution in [0.15, 0.2) is 77.8 Å². The molecule has 1 amide bonds. The maximum Gasteiger partial charge on any atom is 0.256 e. The van der Waals surface area contributed by atoms with Crippen LogP contribution in [-0.2, 0) is 10.0 Å². The summed E-state index contributed by atoms with van der Waals surface area (Å²) in [4.78, 5) is 16.5. The molecule has 4 N–H and O–H groups in total. The lowest BCUT2D eigenvalue weighted by atomic mass is 10.2. The van der Waals surface area contributed by atoms with E-state index in [2.05, 4.69) is 15.6 Å². The van der Waals surface area contributed by atoms with Crippen LogP contribution in [0.5, 0.6) is 0 Å². The minimum Gasteiger partial charge on any atom is -0.353 e. The molecule has 0 unspecified atom stereocenters. The molecule has 3 aromatic rings. The first-order valence-electron chi connectivity index (χ1n) is 7.65. The highest BCUT2D eigenvalue weighted by Gasteiger charge is 2.12. The van der Waals surface area contributed by atoms with Crippen LogP contribution in [0.3, 0.4) is 0 Å². The Morgan fingerprint density at radius 3 is 2.27 bits per heavy atom. The number of carbonyl (C=O) groups is 1. The number of aromatic nitrogens is 1. The van der Waals surface area contributed by atoms with E-state index >= 15 is 0 Å². The minimum atomic E-state index is -3.80. The Bertz CT molecular complexity index is 1020. The predicted octanol–water partition coefficient (Wildman–Crippen LogP) is 2.72. The van der Waals surface area contributed by atoms with Crippen molar-refractivity contribution in [1.82, 2.24) is 4.98 Å². The number of benzene rings is 2. The maximum absolute atomic E-state index is 12.4. The van der Waals surface area contributed by atoms with E-state index in [4.69, 9.17) is 5.14 Å². The fourth-order valence-corrected chi connectivity index (χ4v) is 2.77. The van der Waals surface area contributed by atoms with Crippen molar-refractivity contribution >= 4 is 33.1 Å². The van der Waals surface area contributed by atoms with Gasteiger partial charge in [-0.1, -0.05) is 18.2 Å². The molecule has 0 saturated heterocycles. The van der Waals surface area contributed by atoms with Gasteiger partial charge in [-0.2, -0.15) is 0 Å². The van der Waals surface area contributed by atoms with Crippen LogP contribution in [-0.4, -0.2) is 19.3 Å². The lowest BCUT2D eigenvalue weighted by molar-refractivity contribution is 0.102. The summed E-state index contributed by atoms with van der Waals surface area (Å²) >= 11 is 0. The van der Waals surface area contributed by atoms with Crippen molar-refractivity contribution < 1.29 is 13.2 Å². The third-order valence-corrected chi connectivity index (χ3v) is 4.47.